The zero-order valence-electron chi connectivity index (χ0n) is 8.73. The summed E-state index contributed by atoms with van der Waals surface area (Å²) in [6, 6.07) is 1.75. The van der Waals surface area contributed by atoms with Crippen molar-refractivity contribution in [1.29, 1.82) is 0 Å². The van der Waals surface area contributed by atoms with Gasteiger partial charge in [-0.1, -0.05) is 0 Å². The normalized spacial score (nSPS) is 11.9. The van der Waals surface area contributed by atoms with Crippen LogP contribution in [0, 0.1) is 0 Å². The zero-order chi connectivity index (χ0) is 11.3. The Labute approximate surface area is 97.6 Å². The monoisotopic (exact) mass is 296 g/mol. The quantitative estimate of drug-likeness (QED) is 0.749. The van der Waals surface area contributed by atoms with E-state index in [0.29, 0.717) is 19.0 Å². The molecular formula is C9H14BrO4P. The Morgan fingerprint density at radius 1 is 1.40 bits per heavy atom. The fraction of sp³-hybridized carbons (Fsp3) is 0.556. The van der Waals surface area contributed by atoms with Gasteiger partial charge in [-0.05, 0) is 35.8 Å². The van der Waals surface area contributed by atoms with Crippen molar-refractivity contribution in [3.8, 4) is 0 Å². The summed E-state index contributed by atoms with van der Waals surface area (Å²) in [7, 11) is -3.06. The first kappa shape index (κ1) is 13.0. The lowest BCUT2D eigenvalue weighted by Gasteiger charge is -2.15. The number of furan rings is 1. The minimum absolute atomic E-state index is 0.155. The lowest BCUT2D eigenvalue weighted by Crippen LogP contribution is -1.98. The first-order chi connectivity index (χ1) is 7.11. The Morgan fingerprint density at radius 3 is 2.40 bits per heavy atom. The zero-order valence-corrected chi connectivity index (χ0v) is 11.2. The van der Waals surface area contributed by atoms with Gasteiger partial charge in [0.15, 0.2) is 0 Å². The molecule has 86 valence electrons. The first-order valence-electron chi connectivity index (χ1n) is 4.71. The predicted octanol–water partition coefficient (Wildman–Crippen LogP) is 3.81. The van der Waals surface area contributed by atoms with E-state index in [1.807, 2.05) is 0 Å². The van der Waals surface area contributed by atoms with Crippen LogP contribution in [0.15, 0.2) is 21.2 Å². The van der Waals surface area contributed by atoms with Crippen LogP contribution in [0.3, 0.4) is 0 Å². The molecule has 15 heavy (non-hydrogen) atoms. The third-order valence-electron chi connectivity index (χ3n) is 1.68. The van der Waals surface area contributed by atoms with E-state index in [4.69, 9.17) is 13.5 Å². The number of rotatable bonds is 6. The Bertz CT molecular complexity index is 340. The highest BCUT2D eigenvalue weighted by Crippen LogP contribution is 2.52. The Hall–Kier alpha value is -0.0900. The van der Waals surface area contributed by atoms with Gasteiger partial charge in [-0.3, -0.25) is 4.57 Å². The van der Waals surface area contributed by atoms with Crippen LogP contribution in [0.25, 0.3) is 0 Å². The molecule has 0 amide bonds. The fourth-order valence-corrected chi connectivity index (χ4v) is 3.33. The van der Waals surface area contributed by atoms with E-state index in [-0.39, 0.29) is 6.16 Å². The van der Waals surface area contributed by atoms with E-state index in [1.165, 1.54) is 6.26 Å². The van der Waals surface area contributed by atoms with Gasteiger partial charge in [0.2, 0.25) is 0 Å². The minimum Gasteiger partial charge on any atom is -0.467 e. The Morgan fingerprint density at radius 2 is 2.00 bits per heavy atom. The third kappa shape index (κ3) is 3.76. The maximum absolute atomic E-state index is 12.1. The maximum Gasteiger partial charge on any atom is 0.338 e. The fourth-order valence-electron chi connectivity index (χ4n) is 1.14. The predicted molar refractivity (Wildman–Crippen MR) is 61.0 cm³/mol. The molecule has 0 saturated heterocycles. The maximum atomic E-state index is 12.1. The van der Waals surface area contributed by atoms with Crippen LogP contribution in [0.5, 0.6) is 0 Å². The molecule has 1 rings (SSSR count). The van der Waals surface area contributed by atoms with Crippen LogP contribution in [0.1, 0.15) is 19.6 Å². The standard InChI is InChI=1S/C9H14BrO4P/c1-3-13-15(11,14-4-2)7-9-8(10)5-6-12-9/h5-6H,3-4,7H2,1-2H3. The van der Waals surface area contributed by atoms with Crippen molar-refractivity contribution in [2.24, 2.45) is 0 Å². The largest absolute Gasteiger partial charge is 0.467 e. The molecule has 0 fully saturated rings. The van der Waals surface area contributed by atoms with E-state index in [1.54, 1.807) is 19.9 Å². The molecule has 0 unspecified atom stereocenters. The van der Waals surface area contributed by atoms with Crippen molar-refractivity contribution in [3.63, 3.8) is 0 Å². The molecule has 1 aromatic heterocycles. The molecule has 1 aromatic rings. The van der Waals surface area contributed by atoms with E-state index in [2.05, 4.69) is 15.9 Å². The molecule has 4 nitrogen and oxygen atoms in total. The lowest BCUT2D eigenvalue weighted by atomic mass is 10.5. The lowest BCUT2D eigenvalue weighted by molar-refractivity contribution is 0.217. The van der Waals surface area contributed by atoms with Crippen LogP contribution in [-0.4, -0.2) is 13.2 Å². The second kappa shape index (κ2) is 5.85. The van der Waals surface area contributed by atoms with Crippen molar-refractivity contribution in [3.05, 3.63) is 22.6 Å². The van der Waals surface area contributed by atoms with Crippen molar-refractivity contribution in [1.82, 2.24) is 0 Å². The van der Waals surface area contributed by atoms with Gasteiger partial charge >= 0.3 is 7.60 Å². The summed E-state index contributed by atoms with van der Waals surface area (Å²) in [5, 5.41) is 0. The highest BCUT2D eigenvalue weighted by atomic mass is 79.9. The van der Waals surface area contributed by atoms with Gasteiger partial charge in [0.05, 0.1) is 23.9 Å². The number of hydrogen-bond donors (Lipinski definition) is 0. The molecular weight excluding hydrogens is 283 g/mol. The third-order valence-corrected chi connectivity index (χ3v) is 4.36. The van der Waals surface area contributed by atoms with Gasteiger partial charge in [-0.15, -0.1) is 0 Å². The summed E-state index contributed by atoms with van der Waals surface area (Å²) >= 11 is 3.30. The SMILES string of the molecule is CCOP(=O)(Cc1occc1Br)OCC. The van der Waals surface area contributed by atoms with Gasteiger partial charge in [-0.2, -0.15) is 0 Å². The van der Waals surface area contributed by atoms with E-state index < -0.39 is 7.60 Å². The van der Waals surface area contributed by atoms with Crippen LogP contribution in [0.2, 0.25) is 0 Å². The second-order valence-electron chi connectivity index (χ2n) is 2.80. The number of halogens is 1. The smallest absolute Gasteiger partial charge is 0.338 e. The van der Waals surface area contributed by atoms with Crippen molar-refractivity contribution in [2.45, 2.75) is 20.0 Å². The molecule has 0 bridgehead atoms. The van der Waals surface area contributed by atoms with Gasteiger partial charge in [0.25, 0.3) is 0 Å². The Kier molecular flexibility index (Phi) is 5.06. The topological polar surface area (TPSA) is 48.7 Å². The molecule has 0 aliphatic carbocycles. The van der Waals surface area contributed by atoms with E-state index in [9.17, 15) is 4.57 Å². The molecule has 0 spiro atoms. The second-order valence-corrected chi connectivity index (χ2v) is 5.71. The Balaban J connectivity index is 2.75. The molecule has 0 atom stereocenters. The van der Waals surface area contributed by atoms with E-state index in [0.717, 1.165) is 4.47 Å². The molecule has 0 aromatic carbocycles. The van der Waals surface area contributed by atoms with Crippen molar-refractivity contribution < 1.29 is 18.0 Å². The molecule has 1 heterocycles. The van der Waals surface area contributed by atoms with Crippen LogP contribution >= 0.6 is 23.5 Å². The average molecular weight is 297 g/mol. The summed E-state index contributed by atoms with van der Waals surface area (Å²) in [6.45, 7) is 4.27. The number of hydrogen-bond acceptors (Lipinski definition) is 4. The minimum atomic E-state index is -3.06. The molecule has 0 radical (unpaired) electrons. The van der Waals surface area contributed by atoms with Crippen LogP contribution in [-0.2, 0) is 19.8 Å². The summed E-state index contributed by atoms with van der Waals surface area (Å²) in [6.07, 6.45) is 1.68. The summed E-state index contributed by atoms with van der Waals surface area (Å²) in [4.78, 5) is 0. The van der Waals surface area contributed by atoms with Crippen molar-refractivity contribution in [2.75, 3.05) is 13.2 Å². The average Bonchev–Trinajstić information content (AvgIpc) is 2.52. The summed E-state index contributed by atoms with van der Waals surface area (Å²) < 4.78 is 28.4. The van der Waals surface area contributed by atoms with Crippen LogP contribution in [0.4, 0.5) is 0 Å². The van der Waals surface area contributed by atoms with Crippen molar-refractivity contribution >= 4 is 23.5 Å². The molecule has 6 heteroatoms. The summed E-state index contributed by atoms with van der Waals surface area (Å²) in [5.41, 5.74) is 0. The van der Waals surface area contributed by atoms with Crippen LogP contribution < -0.4 is 0 Å². The highest BCUT2D eigenvalue weighted by molar-refractivity contribution is 9.10. The summed E-state index contributed by atoms with van der Waals surface area (Å²) in [5.74, 6) is 0.584. The highest BCUT2D eigenvalue weighted by Gasteiger charge is 2.26. The van der Waals surface area contributed by atoms with Gasteiger partial charge < -0.3 is 13.5 Å². The van der Waals surface area contributed by atoms with Gasteiger partial charge in [0, 0.05) is 0 Å². The first-order valence-corrected chi connectivity index (χ1v) is 7.23. The molecule has 0 aliphatic heterocycles. The molecule has 0 N–H and O–H groups in total. The van der Waals surface area contributed by atoms with Gasteiger partial charge in [0.1, 0.15) is 11.9 Å². The molecule has 0 aliphatic rings. The molecule has 0 saturated carbocycles. The van der Waals surface area contributed by atoms with Gasteiger partial charge in [-0.25, -0.2) is 0 Å². The van der Waals surface area contributed by atoms with E-state index >= 15 is 0 Å².